The molecule has 1 saturated heterocycles. The second-order valence-electron chi connectivity index (χ2n) is 6.84. The summed E-state index contributed by atoms with van der Waals surface area (Å²) in [5.74, 6) is 0. The van der Waals surface area contributed by atoms with E-state index in [4.69, 9.17) is 4.74 Å². The summed E-state index contributed by atoms with van der Waals surface area (Å²) in [7, 11) is -7.62. The Morgan fingerprint density at radius 2 is 1.61 bits per heavy atom. The van der Waals surface area contributed by atoms with Crippen molar-refractivity contribution in [3.05, 3.63) is 66.7 Å². The van der Waals surface area contributed by atoms with Crippen LogP contribution in [0.4, 0.5) is 5.69 Å². The fourth-order valence-corrected chi connectivity index (χ4v) is 5.69. The molecule has 0 saturated carbocycles. The molecule has 0 bridgehead atoms. The molecule has 0 atom stereocenters. The number of aromatic nitrogens is 3. The van der Waals surface area contributed by atoms with Crippen LogP contribution in [-0.4, -0.2) is 62.2 Å². The normalized spacial score (nSPS) is 15.6. The summed E-state index contributed by atoms with van der Waals surface area (Å²) in [5, 5.41) is 4.04. The van der Waals surface area contributed by atoms with Gasteiger partial charge < -0.3 is 4.74 Å². The van der Waals surface area contributed by atoms with Gasteiger partial charge in [-0.15, -0.1) is 0 Å². The minimum absolute atomic E-state index is 0.0380. The van der Waals surface area contributed by atoms with Crippen LogP contribution >= 0.6 is 0 Å². The molecule has 31 heavy (non-hydrogen) atoms. The molecule has 1 aliphatic rings. The van der Waals surface area contributed by atoms with E-state index in [1.807, 2.05) is 0 Å². The van der Waals surface area contributed by atoms with Gasteiger partial charge in [-0.3, -0.25) is 4.72 Å². The van der Waals surface area contributed by atoms with Crippen molar-refractivity contribution in [3.8, 4) is 0 Å². The molecule has 1 aromatic heterocycles. The van der Waals surface area contributed by atoms with Crippen LogP contribution in [0, 0.1) is 0 Å². The molecule has 1 fully saturated rings. The van der Waals surface area contributed by atoms with Gasteiger partial charge in [0, 0.05) is 13.1 Å². The highest BCUT2D eigenvalue weighted by Gasteiger charge is 2.27. The van der Waals surface area contributed by atoms with E-state index in [2.05, 4.69) is 14.8 Å². The van der Waals surface area contributed by atoms with Gasteiger partial charge in [0.05, 0.1) is 35.2 Å². The lowest BCUT2D eigenvalue weighted by Crippen LogP contribution is -2.40. The first-order valence-electron chi connectivity index (χ1n) is 9.47. The smallest absolute Gasteiger partial charge is 0.261 e. The van der Waals surface area contributed by atoms with Gasteiger partial charge in [0.1, 0.15) is 12.7 Å². The van der Waals surface area contributed by atoms with Gasteiger partial charge in [0.15, 0.2) is 0 Å². The maximum Gasteiger partial charge on any atom is 0.261 e. The molecule has 3 aromatic rings. The van der Waals surface area contributed by atoms with Crippen molar-refractivity contribution in [2.24, 2.45) is 0 Å². The van der Waals surface area contributed by atoms with E-state index in [0.717, 1.165) is 0 Å². The summed E-state index contributed by atoms with van der Waals surface area (Å²) in [6.45, 7) is 1.56. The second kappa shape index (κ2) is 8.75. The van der Waals surface area contributed by atoms with Crippen LogP contribution in [0.3, 0.4) is 0 Å². The average Bonchev–Trinajstić information content (AvgIpc) is 3.29. The van der Waals surface area contributed by atoms with Crippen LogP contribution in [-0.2, 0) is 31.3 Å². The zero-order valence-corrected chi connectivity index (χ0v) is 18.1. The third kappa shape index (κ3) is 4.77. The number of hydrogen-bond acceptors (Lipinski definition) is 7. The van der Waals surface area contributed by atoms with Crippen LogP contribution in [0.15, 0.2) is 71.0 Å². The van der Waals surface area contributed by atoms with Crippen LogP contribution in [0.25, 0.3) is 0 Å². The summed E-state index contributed by atoms with van der Waals surface area (Å²) in [6.07, 6.45) is 2.94. The topological polar surface area (TPSA) is 123 Å². The van der Waals surface area contributed by atoms with Crippen LogP contribution in [0.5, 0.6) is 0 Å². The Labute approximate surface area is 180 Å². The number of hydrogen-bond donors (Lipinski definition) is 1. The molecule has 10 nitrogen and oxygen atoms in total. The molecule has 0 spiro atoms. The Hall–Kier alpha value is -2.80. The fraction of sp³-hybridized carbons (Fsp3) is 0.263. The lowest BCUT2D eigenvalue weighted by Gasteiger charge is -2.26. The SMILES string of the molecule is O=S(=O)(Nc1ccccc1Cn1cncn1)c1ccc(S(=O)(=O)N2CCOCC2)cc1. The molecule has 0 unspecified atom stereocenters. The van der Waals surface area contributed by atoms with Crippen molar-refractivity contribution in [1.82, 2.24) is 19.1 Å². The molecule has 0 aliphatic carbocycles. The standard InChI is InChI=1S/C19H21N5O5S2/c25-30(26,22-19-4-2-1-3-16(19)13-23-15-20-14-21-23)17-5-7-18(8-6-17)31(27,28)24-9-11-29-12-10-24/h1-8,14-15,22H,9-13H2. The van der Waals surface area contributed by atoms with E-state index in [1.54, 1.807) is 35.3 Å². The summed E-state index contributed by atoms with van der Waals surface area (Å²) in [5.41, 5.74) is 1.12. The Kier molecular flexibility index (Phi) is 6.05. The number of nitrogens with zero attached hydrogens (tertiary/aromatic N) is 4. The van der Waals surface area contributed by atoms with Gasteiger partial charge >= 0.3 is 0 Å². The third-order valence-corrected chi connectivity index (χ3v) is 8.10. The summed E-state index contributed by atoms with van der Waals surface area (Å²) in [6, 6.07) is 12.2. The second-order valence-corrected chi connectivity index (χ2v) is 10.5. The number of anilines is 1. The van der Waals surface area contributed by atoms with E-state index in [-0.39, 0.29) is 22.9 Å². The van der Waals surface area contributed by atoms with Gasteiger partial charge in [0.25, 0.3) is 10.0 Å². The van der Waals surface area contributed by atoms with E-state index in [0.29, 0.717) is 31.0 Å². The van der Waals surface area contributed by atoms with Crippen molar-refractivity contribution in [2.45, 2.75) is 16.3 Å². The average molecular weight is 464 g/mol. The zero-order chi connectivity index (χ0) is 21.9. The van der Waals surface area contributed by atoms with Crippen molar-refractivity contribution >= 4 is 25.7 Å². The Bertz CT molecular complexity index is 1240. The number of nitrogens with one attached hydrogen (secondary N) is 1. The monoisotopic (exact) mass is 463 g/mol. The first-order valence-corrected chi connectivity index (χ1v) is 12.4. The van der Waals surface area contributed by atoms with Crippen molar-refractivity contribution < 1.29 is 21.6 Å². The number of morpholine rings is 1. The fourth-order valence-electron chi connectivity index (χ4n) is 3.18. The number of para-hydroxylation sites is 1. The molecule has 0 amide bonds. The molecule has 12 heteroatoms. The Morgan fingerprint density at radius 1 is 0.935 bits per heavy atom. The molecule has 2 aromatic carbocycles. The number of rotatable bonds is 7. The zero-order valence-electron chi connectivity index (χ0n) is 16.5. The van der Waals surface area contributed by atoms with Crippen LogP contribution in [0.1, 0.15) is 5.56 Å². The molecule has 164 valence electrons. The van der Waals surface area contributed by atoms with Crippen molar-refractivity contribution in [1.29, 1.82) is 0 Å². The number of benzene rings is 2. The van der Waals surface area contributed by atoms with Gasteiger partial charge in [0.2, 0.25) is 10.0 Å². The Balaban J connectivity index is 1.55. The highest BCUT2D eigenvalue weighted by molar-refractivity contribution is 7.92. The van der Waals surface area contributed by atoms with Crippen LogP contribution < -0.4 is 4.72 Å². The highest BCUT2D eigenvalue weighted by atomic mass is 32.2. The number of ether oxygens (including phenoxy) is 1. The summed E-state index contributed by atoms with van der Waals surface area (Å²) >= 11 is 0. The predicted molar refractivity (Wildman–Crippen MR) is 112 cm³/mol. The largest absolute Gasteiger partial charge is 0.379 e. The molecule has 4 rings (SSSR count). The highest BCUT2D eigenvalue weighted by Crippen LogP contribution is 2.23. The first-order chi connectivity index (χ1) is 14.9. The number of sulfonamides is 2. The van der Waals surface area contributed by atoms with Crippen molar-refractivity contribution in [3.63, 3.8) is 0 Å². The molecule has 2 heterocycles. The summed E-state index contributed by atoms with van der Waals surface area (Å²) < 4.78 is 61.9. The quantitative estimate of drug-likeness (QED) is 0.557. The third-order valence-electron chi connectivity index (χ3n) is 4.80. The maximum absolute atomic E-state index is 12.9. The van der Waals surface area contributed by atoms with E-state index < -0.39 is 20.0 Å². The van der Waals surface area contributed by atoms with Gasteiger partial charge in [-0.1, -0.05) is 18.2 Å². The molecule has 1 aliphatic heterocycles. The van der Waals surface area contributed by atoms with Gasteiger partial charge in [-0.25, -0.2) is 26.5 Å². The molecule has 0 radical (unpaired) electrons. The molecule has 1 N–H and O–H groups in total. The van der Waals surface area contributed by atoms with Crippen molar-refractivity contribution in [2.75, 3.05) is 31.0 Å². The Morgan fingerprint density at radius 3 is 2.29 bits per heavy atom. The van der Waals surface area contributed by atoms with Crippen LogP contribution in [0.2, 0.25) is 0 Å². The van der Waals surface area contributed by atoms with Gasteiger partial charge in [-0.05, 0) is 35.9 Å². The summed E-state index contributed by atoms with van der Waals surface area (Å²) in [4.78, 5) is 3.89. The molecular formula is C19H21N5O5S2. The lowest BCUT2D eigenvalue weighted by atomic mass is 10.2. The van der Waals surface area contributed by atoms with Gasteiger partial charge in [-0.2, -0.15) is 9.40 Å². The van der Waals surface area contributed by atoms with E-state index in [9.17, 15) is 16.8 Å². The maximum atomic E-state index is 12.9. The molecular weight excluding hydrogens is 442 g/mol. The minimum atomic E-state index is -3.93. The van der Waals surface area contributed by atoms with E-state index >= 15 is 0 Å². The first kappa shape index (κ1) is 21.4. The van der Waals surface area contributed by atoms with E-state index in [1.165, 1.54) is 34.9 Å². The lowest BCUT2D eigenvalue weighted by molar-refractivity contribution is 0.0730. The predicted octanol–water partition coefficient (Wildman–Crippen LogP) is 1.15. The minimum Gasteiger partial charge on any atom is -0.379 e.